The number of thiophene rings is 1. The van der Waals surface area contributed by atoms with Crippen LogP contribution in [-0.2, 0) is 19.6 Å². The van der Waals surface area contributed by atoms with Crippen molar-refractivity contribution in [3.8, 4) is 0 Å². The molecule has 23 heavy (non-hydrogen) atoms. The average Bonchev–Trinajstić information content (AvgIpc) is 3.23. The molecular formula is C15H16N2O4S2. The van der Waals surface area contributed by atoms with E-state index in [1.54, 1.807) is 41.8 Å². The number of hydrogen-bond acceptors (Lipinski definition) is 5. The Kier molecular flexibility index (Phi) is 4.65. The maximum atomic E-state index is 12.1. The van der Waals surface area contributed by atoms with Gasteiger partial charge in [0, 0.05) is 18.0 Å². The van der Waals surface area contributed by atoms with E-state index in [1.807, 2.05) is 0 Å². The van der Waals surface area contributed by atoms with E-state index in [4.69, 9.17) is 4.74 Å². The summed E-state index contributed by atoms with van der Waals surface area (Å²) >= 11 is 1.15. The lowest BCUT2D eigenvalue weighted by atomic mass is 10.2. The van der Waals surface area contributed by atoms with Gasteiger partial charge in [0.25, 0.3) is 15.9 Å². The molecule has 1 aromatic carbocycles. The van der Waals surface area contributed by atoms with Crippen LogP contribution in [0.5, 0.6) is 0 Å². The van der Waals surface area contributed by atoms with Gasteiger partial charge in [0.1, 0.15) is 10.3 Å². The summed E-state index contributed by atoms with van der Waals surface area (Å²) in [4.78, 5) is 11.9. The number of rotatable bonds is 5. The van der Waals surface area contributed by atoms with Crippen molar-refractivity contribution in [2.75, 3.05) is 16.6 Å². The van der Waals surface area contributed by atoms with E-state index in [1.165, 1.54) is 0 Å². The minimum absolute atomic E-state index is 0.172. The smallest absolute Gasteiger partial charge is 0.271 e. The van der Waals surface area contributed by atoms with E-state index in [9.17, 15) is 13.2 Å². The van der Waals surface area contributed by atoms with Gasteiger partial charge in [-0.3, -0.25) is 9.52 Å². The lowest BCUT2D eigenvalue weighted by molar-refractivity contribution is -0.124. The van der Waals surface area contributed by atoms with Crippen molar-refractivity contribution in [3.63, 3.8) is 0 Å². The molecule has 1 fully saturated rings. The van der Waals surface area contributed by atoms with E-state index in [0.29, 0.717) is 18.0 Å². The Hall–Kier alpha value is -1.90. The summed E-state index contributed by atoms with van der Waals surface area (Å²) in [6.07, 6.45) is 1.22. The molecule has 0 saturated carbocycles. The molecular weight excluding hydrogens is 336 g/mol. The van der Waals surface area contributed by atoms with E-state index >= 15 is 0 Å². The average molecular weight is 352 g/mol. The normalized spacial score (nSPS) is 17.8. The third-order valence-corrected chi connectivity index (χ3v) is 6.17. The molecule has 1 aliphatic rings. The number of ether oxygens (including phenoxy) is 1. The third-order valence-electron chi connectivity index (χ3n) is 3.39. The Bertz CT molecular complexity index is 764. The van der Waals surface area contributed by atoms with Crippen LogP contribution in [0.3, 0.4) is 0 Å². The van der Waals surface area contributed by atoms with Gasteiger partial charge in [0.2, 0.25) is 0 Å². The van der Waals surface area contributed by atoms with Gasteiger partial charge in [-0.05, 0) is 48.6 Å². The number of carbonyl (C=O) groups excluding carboxylic acids is 1. The topological polar surface area (TPSA) is 84.5 Å². The highest BCUT2D eigenvalue weighted by Gasteiger charge is 2.23. The van der Waals surface area contributed by atoms with Crippen molar-refractivity contribution in [2.24, 2.45) is 0 Å². The third kappa shape index (κ3) is 3.90. The molecule has 1 atom stereocenters. The highest BCUT2D eigenvalue weighted by molar-refractivity contribution is 7.94. The molecule has 6 nitrogen and oxygen atoms in total. The van der Waals surface area contributed by atoms with Crippen LogP contribution in [0.4, 0.5) is 11.4 Å². The molecule has 3 rings (SSSR count). The first-order valence-corrected chi connectivity index (χ1v) is 9.50. The van der Waals surface area contributed by atoms with Gasteiger partial charge in [-0.15, -0.1) is 11.3 Å². The Morgan fingerprint density at radius 3 is 2.52 bits per heavy atom. The molecule has 122 valence electrons. The van der Waals surface area contributed by atoms with Crippen LogP contribution >= 0.6 is 11.3 Å². The predicted octanol–water partition coefficient (Wildman–Crippen LogP) is 2.67. The van der Waals surface area contributed by atoms with Gasteiger partial charge < -0.3 is 10.1 Å². The molecule has 2 heterocycles. The molecule has 0 radical (unpaired) electrons. The number of benzene rings is 1. The Morgan fingerprint density at radius 1 is 1.17 bits per heavy atom. The van der Waals surface area contributed by atoms with Crippen LogP contribution in [0.2, 0.25) is 0 Å². The molecule has 2 aromatic rings. The molecule has 8 heteroatoms. The number of carbonyl (C=O) groups is 1. The number of amides is 1. The fourth-order valence-corrected chi connectivity index (χ4v) is 4.30. The Labute approximate surface area is 138 Å². The van der Waals surface area contributed by atoms with E-state index in [-0.39, 0.29) is 10.1 Å². The van der Waals surface area contributed by atoms with Crippen LogP contribution in [0, 0.1) is 0 Å². The molecule has 0 bridgehead atoms. The largest absolute Gasteiger partial charge is 0.368 e. The molecule has 1 saturated heterocycles. The van der Waals surface area contributed by atoms with Gasteiger partial charge >= 0.3 is 0 Å². The first kappa shape index (κ1) is 16.0. The molecule has 2 N–H and O–H groups in total. The van der Waals surface area contributed by atoms with Crippen molar-refractivity contribution < 1.29 is 17.9 Å². The van der Waals surface area contributed by atoms with Gasteiger partial charge in [0.15, 0.2) is 0 Å². The fraction of sp³-hybridized carbons (Fsp3) is 0.267. The predicted molar refractivity (Wildman–Crippen MR) is 89.2 cm³/mol. The second-order valence-corrected chi connectivity index (χ2v) is 7.96. The van der Waals surface area contributed by atoms with Crippen molar-refractivity contribution in [1.29, 1.82) is 0 Å². The summed E-state index contributed by atoms with van der Waals surface area (Å²) in [5.74, 6) is -0.172. The number of nitrogens with one attached hydrogen (secondary N) is 2. The maximum absolute atomic E-state index is 12.1. The van der Waals surface area contributed by atoms with E-state index in [2.05, 4.69) is 10.0 Å². The zero-order chi connectivity index (χ0) is 16.3. The van der Waals surface area contributed by atoms with Crippen LogP contribution in [0.1, 0.15) is 12.8 Å². The molecule has 0 aliphatic carbocycles. The maximum Gasteiger partial charge on any atom is 0.271 e. The second-order valence-electron chi connectivity index (χ2n) is 5.11. The summed E-state index contributed by atoms with van der Waals surface area (Å²) in [7, 11) is -3.56. The first-order valence-electron chi connectivity index (χ1n) is 7.13. The van der Waals surface area contributed by atoms with Crippen molar-refractivity contribution >= 4 is 38.6 Å². The highest BCUT2D eigenvalue weighted by Crippen LogP contribution is 2.22. The van der Waals surface area contributed by atoms with Gasteiger partial charge in [-0.1, -0.05) is 6.07 Å². The monoisotopic (exact) mass is 352 g/mol. The van der Waals surface area contributed by atoms with Crippen molar-refractivity contribution in [3.05, 3.63) is 41.8 Å². The molecule has 1 aliphatic heterocycles. The summed E-state index contributed by atoms with van der Waals surface area (Å²) in [6, 6.07) is 9.75. The van der Waals surface area contributed by atoms with Gasteiger partial charge in [-0.2, -0.15) is 0 Å². The zero-order valence-corrected chi connectivity index (χ0v) is 13.8. The Balaban J connectivity index is 1.64. The molecule has 0 unspecified atom stereocenters. The van der Waals surface area contributed by atoms with Crippen LogP contribution in [0.25, 0.3) is 0 Å². The fourth-order valence-electron chi connectivity index (χ4n) is 2.25. The van der Waals surface area contributed by atoms with Crippen LogP contribution in [0.15, 0.2) is 46.0 Å². The van der Waals surface area contributed by atoms with Gasteiger partial charge in [-0.25, -0.2) is 8.42 Å². The number of sulfonamides is 1. The molecule has 1 aromatic heterocycles. The van der Waals surface area contributed by atoms with Crippen LogP contribution in [-0.4, -0.2) is 27.0 Å². The molecule has 0 spiro atoms. The highest BCUT2D eigenvalue weighted by atomic mass is 32.2. The van der Waals surface area contributed by atoms with E-state index < -0.39 is 16.1 Å². The standard InChI is InChI=1S/C15H16N2O4S2/c18-15(13-3-1-9-21-13)16-11-5-7-12(8-6-11)17-23(19,20)14-4-2-10-22-14/h2,4-8,10,13,17H,1,3,9H2,(H,16,18)/t13-/m1/s1. The van der Waals surface area contributed by atoms with E-state index in [0.717, 1.165) is 24.2 Å². The minimum Gasteiger partial charge on any atom is -0.368 e. The number of anilines is 2. The second kappa shape index (κ2) is 6.69. The van der Waals surface area contributed by atoms with Crippen LogP contribution < -0.4 is 10.0 Å². The SMILES string of the molecule is O=C(Nc1ccc(NS(=O)(=O)c2cccs2)cc1)[C@H]1CCCO1. The van der Waals surface area contributed by atoms with Gasteiger partial charge in [0.05, 0.1) is 0 Å². The first-order chi connectivity index (χ1) is 11.0. The summed E-state index contributed by atoms with van der Waals surface area (Å²) in [5.41, 5.74) is 1.04. The quantitative estimate of drug-likeness (QED) is 0.866. The summed E-state index contributed by atoms with van der Waals surface area (Å²) in [6.45, 7) is 0.613. The number of hydrogen-bond donors (Lipinski definition) is 2. The lowest BCUT2D eigenvalue weighted by Crippen LogP contribution is -2.26. The minimum atomic E-state index is -3.56. The van der Waals surface area contributed by atoms with Crippen molar-refractivity contribution in [2.45, 2.75) is 23.2 Å². The Morgan fingerprint density at radius 2 is 1.91 bits per heavy atom. The lowest BCUT2D eigenvalue weighted by Gasteiger charge is -2.11. The summed E-state index contributed by atoms with van der Waals surface area (Å²) in [5, 5.41) is 4.47. The summed E-state index contributed by atoms with van der Waals surface area (Å²) < 4.78 is 32.3. The zero-order valence-electron chi connectivity index (χ0n) is 12.2. The molecule has 1 amide bonds. The van der Waals surface area contributed by atoms with Crippen molar-refractivity contribution in [1.82, 2.24) is 0 Å².